The summed E-state index contributed by atoms with van der Waals surface area (Å²) >= 11 is 6.65. The van der Waals surface area contributed by atoms with E-state index in [0.717, 1.165) is 22.2 Å². The van der Waals surface area contributed by atoms with Gasteiger partial charge < -0.3 is 20.1 Å². The van der Waals surface area contributed by atoms with Gasteiger partial charge in [0.15, 0.2) is 0 Å². The minimum atomic E-state index is -0.925. The predicted molar refractivity (Wildman–Crippen MR) is 91.2 cm³/mol. The number of thiocarbonyl (C=S) groups is 1. The summed E-state index contributed by atoms with van der Waals surface area (Å²) in [5, 5.41) is 20.5. The third kappa shape index (κ3) is 2.29. The number of hydrogen-bond donors (Lipinski definition) is 3. The summed E-state index contributed by atoms with van der Waals surface area (Å²) < 4.78 is 0.482. The Hall–Kier alpha value is -1.57. The van der Waals surface area contributed by atoms with Crippen molar-refractivity contribution in [2.45, 2.75) is 18.5 Å². The van der Waals surface area contributed by atoms with Crippen molar-refractivity contribution in [1.29, 1.82) is 0 Å². The molecule has 0 saturated carbocycles. The van der Waals surface area contributed by atoms with Crippen molar-refractivity contribution in [1.82, 2.24) is 9.88 Å². The molecule has 1 aliphatic heterocycles. The monoisotopic (exact) mass is 336 g/mol. The van der Waals surface area contributed by atoms with Crippen LogP contribution >= 0.6 is 24.0 Å². The fourth-order valence-electron chi connectivity index (χ4n) is 3.12. The molecule has 2 aromatic rings. The second-order valence-corrected chi connectivity index (χ2v) is 6.64. The third-order valence-electron chi connectivity index (χ3n) is 4.09. The highest BCUT2D eigenvalue weighted by Crippen LogP contribution is 2.38. The number of nitrogens with one attached hydrogen (secondary N) is 1. The highest BCUT2D eigenvalue weighted by Gasteiger charge is 2.40. The van der Waals surface area contributed by atoms with Gasteiger partial charge in [0.05, 0.1) is 12.6 Å². The Labute approximate surface area is 137 Å². The first-order chi connectivity index (χ1) is 10.6. The Kier molecular flexibility index (Phi) is 4.12. The van der Waals surface area contributed by atoms with E-state index in [4.69, 9.17) is 12.2 Å². The van der Waals surface area contributed by atoms with Crippen LogP contribution in [0.3, 0.4) is 0 Å². The normalized spacial score (nSPS) is 20.9. The highest BCUT2D eigenvalue weighted by atomic mass is 32.2. The van der Waals surface area contributed by atoms with Crippen LogP contribution in [0.15, 0.2) is 24.3 Å². The molecule has 0 aliphatic carbocycles. The quantitative estimate of drug-likeness (QED) is 0.730. The van der Waals surface area contributed by atoms with Crippen LogP contribution < -0.4 is 0 Å². The fraction of sp³-hybridized carbons (Fsp3) is 0.333. The number of benzene rings is 1. The molecule has 2 heterocycles. The number of thioether (sulfide) groups is 1. The van der Waals surface area contributed by atoms with Crippen molar-refractivity contribution >= 4 is 45.2 Å². The fourth-order valence-corrected chi connectivity index (χ4v) is 3.84. The van der Waals surface area contributed by atoms with Gasteiger partial charge in [0.2, 0.25) is 0 Å². The van der Waals surface area contributed by atoms with Crippen LogP contribution in [0.1, 0.15) is 17.3 Å². The molecule has 5 nitrogen and oxygen atoms in total. The van der Waals surface area contributed by atoms with Crippen molar-refractivity contribution < 1.29 is 15.0 Å². The van der Waals surface area contributed by atoms with Crippen LogP contribution in [-0.2, 0) is 11.2 Å². The molecule has 0 amide bonds. The lowest BCUT2D eigenvalue weighted by atomic mass is 9.92. The van der Waals surface area contributed by atoms with E-state index in [1.807, 2.05) is 30.5 Å². The number of rotatable bonds is 2. The first-order valence-corrected chi connectivity index (χ1v) is 8.51. The van der Waals surface area contributed by atoms with Crippen LogP contribution in [0.25, 0.3) is 10.9 Å². The molecule has 0 bridgehead atoms. The van der Waals surface area contributed by atoms with E-state index in [2.05, 4.69) is 4.98 Å². The highest BCUT2D eigenvalue weighted by molar-refractivity contribution is 8.22. The van der Waals surface area contributed by atoms with Gasteiger partial charge in [-0.2, -0.15) is 0 Å². The molecule has 0 unspecified atom stereocenters. The topological polar surface area (TPSA) is 76.6 Å². The molecule has 0 spiro atoms. The van der Waals surface area contributed by atoms with Gasteiger partial charge in [-0.1, -0.05) is 30.4 Å². The summed E-state index contributed by atoms with van der Waals surface area (Å²) in [5.41, 5.74) is 2.77. The number of carbonyl (C=O) groups is 1. The number of nitrogens with zero attached hydrogens (tertiary/aromatic N) is 1. The van der Waals surface area contributed by atoms with E-state index in [1.54, 1.807) is 4.90 Å². The number of aliphatic carboxylic acids is 1. The Bertz CT molecular complexity index is 743. The molecule has 2 atom stereocenters. The Balaban J connectivity index is 2.19. The molecule has 3 rings (SSSR count). The lowest BCUT2D eigenvalue weighted by Crippen LogP contribution is -2.50. The van der Waals surface area contributed by atoms with Crippen molar-refractivity contribution in [3.05, 3.63) is 35.5 Å². The number of para-hydroxylation sites is 1. The van der Waals surface area contributed by atoms with Crippen LogP contribution in [-0.4, -0.2) is 49.3 Å². The minimum absolute atomic E-state index is 0.190. The molecule has 0 saturated heterocycles. The first kappa shape index (κ1) is 15.3. The minimum Gasteiger partial charge on any atom is -0.480 e. The number of carboxylic acids is 1. The number of carboxylic acid groups (broad SMARTS) is 1. The maximum atomic E-state index is 11.7. The molecule has 22 heavy (non-hydrogen) atoms. The number of fused-ring (bicyclic) bond motifs is 3. The van der Waals surface area contributed by atoms with Crippen LogP contribution in [0.2, 0.25) is 0 Å². The molecule has 1 aromatic heterocycles. The van der Waals surface area contributed by atoms with Gasteiger partial charge in [0, 0.05) is 23.0 Å². The molecular weight excluding hydrogens is 320 g/mol. The standard InChI is InChI=1S/C15H16N2O3S2/c1-22-15(21)17-11(14(19)20)6-9-8-4-2-3-5-10(8)16-13(9)12(17)7-18/h2-5,11-12,16,18H,6-7H2,1H3,(H,19,20)/t11-,12+/m0/s1. The molecule has 0 fully saturated rings. The van der Waals surface area contributed by atoms with Crippen molar-refractivity contribution in [3.63, 3.8) is 0 Å². The zero-order valence-electron chi connectivity index (χ0n) is 11.9. The van der Waals surface area contributed by atoms with Gasteiger partial charge in [-0.25, -0.2) is 4.79 Å². The van der Waals surface area contributed by atoms with Gasteiger partial charge in [-0.15, -0.1) is 11.8 Å². The Morgan fingerprint density at radius 1 is 1.50 bits per heavy atom. The number of H-pyrrole nitrogens is 1. The summed E-state index contributed by atoms with van der Waals surface area (Å²) in [4.78, 5) is 16.7. The lowest BCUT2D eigenvalue weighted by molar-refractivity contribution is -0.142. The predicted octanol–water partition coefficient (Wildman–Crippen LogP) is 2.16. The average molecular weight is 336 g/mol. The third-order valence-corrected chi connectivity index (χ3v) is 5.36. The second-order valence-electron chi connectivity index (χ2n) is 5.20. The average Bonchev–Trinajstić information content (AvgIpc) is 2.90. The molecule has 0 radical (unpaired) electrons. The molecule has 7 heteroatoms. The number of aromatic nitrogens is 1. The van der Waals surface area contributed by atoms with E-state index in [0.29, 0.717) is 10.7 Å². The number of aliphatic hydroxyl groups excluding tert-OH is 1. The van der Waals surface area contributed by atoms with Crippen molar-refractivity contribution in [3.8, 4) is 0 Å². The first-order valence-electron chi connectivity index (χ1n) is 6.88. The Morgan fingerprint density at radius 2 is 2.23 bits per heavy atom. The summed E-state index contributed by atoms with van der Waals surface area (Å²) in [6, 6.07) is 6.56. The van der Waals surface area contributed by atoms with Gasteiger partial charge >= 0.3 is 5.97 Å². The van der Waals surface area contributed by atoms with Crippen molar-refractivity contribution in [2.24, 2.45) is 0 Å². The zero-order chi connectivity index (χ0) is 15.9. The smallest absolute Gasteiger partial charge is 0.326 e. The molecule has 116 valence electrons. The maximum absolute atomic E-state index is 11.7. The van der Waals surface area contributed by atoms with E-state index < -0.39 is 18.1 Å². The molecular formula is C15H16N2O3S2. The maximum Gasteiger partial charge on any atom is 0.326 e. The van der Waals surface area contributed by atoms with Gasteiger partial charge in [0.1, 0.15) is 10.4 Å². The van der Waals surface area contributed by atoms with Gasteiger partial charge in [-0.05, 0) is 17.9 Å². The molecule has 3 N–H and O–H groups in total. The number of hydrogen-bond acceptors (Lipinski definition) is 4. The van der Waals surface area contributed by atoms with E-state index in [1.165, 1.54) is 11.8 Å². The van der Waals surface area contributed by atoms with E-state index in [9.17, 15) is 15.0 Å². The summed E-state index contributed by atoms with van der Waals surface area (Å²) in [7, 11) is 0. The SMILES string of the molecule is CSC(=S)N1[C@H](CO)c2[nH]c3ccccc3c2C[C@H]1C(=O)O. The van der Waals surface area contributed by atoms with E-state index in [-0.39, 0.29) is 6.61 Å². The lowest BCUT2D eigenvalue weighted by Gasteiger charge is -2.40. The summed E-state index contributed by atoms with van der Waals surface area (Å²) in [5.74, 6) is -0.925. The molecule has 1 aliphatic rings. The Morgan fingerprint density at radius 3 is 2.86 bits per heavy atom. The van der Waals surface area contributed by atoms with E-state index >= 15 is 0 Å². The van der Waals surface area contributed by atoms with Gasteiger partial charge in [-0.3, -0.25) is 0 Å². The van der Waals surface area contributed by atoms with Crippen molar-refractivity contribution in [2.75, 3.05) is 12.9 Å². The van der Waals surface area contributed by atoms with Gasteiger partial charge in [0.25, 0.3) is 0 Å². The van der Waals surface area contributed by atoms with Crippen LogP contribution in [0.5, 0.6) is 0 Å². The number of aromatic amines is 1. The second kappa shape index (κ2) is 5.91. The largest absolute Gasteiger partial charge is 0.480 e. The summed E-state index contributed by atoms with van der Waals surface area (Å²) in [6.07, 6.45) is 2.18. The van der Waals surface area contributed by atoms with Crippen LogP contribution in [0, 0.1) is 0 Å². The zero-order valence-corrected chi connectivity index (χ0v) is 13.6. The number of aliphatic hydroxyl groups is 1. The van der Waals surface area contributed by atoms with Crippen LogP contribution in [0.4, 0.5) is 0 Å². The summed E-state index contributed by atoms with van der Waals surface area (Å²) in [6.45, 7) is -0.190. The molecule has 1 aromatic carbocycles.